The summed E-state index contributed by atoms with van der Waals surface area (Å²) in [6, 6.07) is 0. The van der Waals surface area contributed by atoms with Gasteiger partial charge >= 0.3 is 6.09 Å². The maximum Gasteiger partial charge on any atom is 0.406 e. The summed E-state index contributed by atoms with van der Waals surface area (Å²) in [5, 5.41) is 2.48. The zero-order valence-electron chi connectivity index (χ0n) is 10.1. The van der Waals surface area contributed by atoms with E-state index >= 15 is 0 Å². The van der Waals surface area contributed by atoms with Gasteiger partial charge in [-0.2, -0.15) is 0 Å². The molecule has 88 valence electrons. The monoisotopic (exact) mass is 213 g/mol. The first-order valence-corrected chi connectivity index (χ1v) is 6.09. The molecule has 0 heterocycles. The van der Waals surface area contributed by atoms with Crippen LogP contribution < -0.4 is 5.32 Å². The van der Waals surface area contributed by atoms with Crippen LogP contribution in [0, 0.1) is 17.8 Å². The van der Waals surface area contributed by atoms with Gasteiger partial charge in [-0.15, -0.1) is 0 Å². The Hall–Kier alpha value is -0.730. The van der Waals surface area contributed by atoms with Gasteiger partial charge in [-0.05, 0) is 17.8 Å². The Morgan fingerprint density at radius 2 is 1.67 bits per heavy atom. The van der Waals surface area contributed by atoms with Gasteiger partial charge < -0.3 is 10.1 Å². The summed E-state index contributed by atoms with van der Waals surface area (Å²) >= 11 is 0. The van der Waals surface area contributed by atoms with E-state index in [2.05, 4.69) is 19.2 Å². The van der Waals surface area contributed by atoms with Crippen LogP contribution >= 0.6 is 0 Å². The van der Waals surface area contributed by atoms with E-state index < -0.39 is 0 Å². The van der Waals surface area contributed by atoms with Crippen LogP contribution in [0.4, 0.5) is 4.79 Å². The zero-order valence-corrected chi connectivity index (χ0v) is 10.1. The molecule has 0 aromatic carbocycles. The van der Waals surface area contributed by atoms with Crippen molar-refractivity contribution >= 4 is 6.09 Å². The highest BCUT2D eigenvalue weighted by Crippen LogP contribution is 2.51. The van der Waals surface area contributed by atoms with Crippen molar-refractivity contribution in [1.82, 2.24) is 5.32 Å². The van der Waals surface area contributed by atoms with Gasteiger partial charge in [0.15, 0.2) is 0 Å². The van der Waals surface area contributed by atoms with Gasteiger partial charge in [0.1, 0.15) is 0 Å². The van der Waals surface area contributed by atoms with E-state index in [9.17, 15) is 4.79 Å². The molecule has 15 heavy (non-hydrogen) atoms. The van der Waals surface area contributed by atoms with E-state index in [4.69, 9.17) is 4.74 Å². The van der Waals surface area contributed by atoms with Crippen LogP contribution in [-0.2, 0) is 4.74 Å². The number of hydrogen-bond donors (Lipinski definition) is 1. The molecule has 3 heteroatoms. The third-order valence-electron chi connectivity index (χ3n) is 3.36. The standard InChI is InChI=1S/C12H23NO2/c1-4-6-9-10(7-5-2)11(9)8-15-12(14)13-3/h9-11H,4-8H2,1-3H3,(H,13,14). The Balaban J connectivity index is 2.25. The fourth-order valence-corrected chi connectivity index (χ4v) is 2.54. The molecule has 0 spiro atoms. The van der Waals surface area contributed by atoms with Crippen molar-refractivity contribution < 1.29 is 9.53 Å². The molecule has 0 bridgehead atoms. The third-order valence-corrected chi connectivity index (χ3v) is 3.36. The molecule has 0 saturated heterocycles. The summed E-state index contributed by atoms with van der Waals surface area (Å²) in [6.45, 7) is 5.05. The minimum atomic E-state index is -0.299. The van der Waals surface area contributed by atoms with Gasteiger partial charge in [-0.25, -0.2) is 4.79 Å². The number of carbonyl (C=O) groups excluding carboxylic acids is 1. The van der Waals surface area contributed by atoms with Crippen LogP contribution in [0.1, 0.15) is 39.5 Å². The van der Waals surface area contributed by atoms with Crippen molar-refractivity contribution in [3.63, 3.8) is 0 Å². The number of rotatable bonds is 6. The summed E-state index contributed by atoms with van der Waals surface area (Å²) in [5.41, 5.74) is 0. The summed E-state index contributed by atoms with van der Waals surface area (Å²) < 4.78 is 5.12. The van der Waals surface area contributed by atoms with Gasteiger partial charge in [0.2, 0.25) is 0 Å². The molecule has 1 N–H and O–H groups in total. The Labute approximate surface area is 92.6 Å². The van der Waals surface area contributed by atoms with E-state index in [0.29, 0.717) is 12.5 Å². The molecule has 3 nitrogen and oxygen atoms in total. The molecule has 0 aromatic rings. The van der Waals surface area contributed by atoms with E-state index in [1.807, 2.05) is 0 Å². The lowest BCUT2D eigenvalue weighted by molar-refractivity contribution is 0.139. The Morgan fingerprint density at radius 1 is 1.13 bits per heavy atom. The fourth-order valence-electron chi connectivity index (χ4n) is 2.54. The number of hydrogen-bond acceptors (Lipinski definition) is 2. The van der Waals surface area contributed by atoms with E-state index in [1.165, 1.54) is 25.7 Å². The highest BCUT2D eigenvalue weighted by Gasteiger charge is 2.48. The maximum absolute atomic E-state index is 10.9. The first kappa shape index (κ1) is 12.3. The lowest BCUT2D eigenvalue weighted by Crippen LogP contribution is -2.20. The normalized spacial score (nSPS) is 28.6. The Kier molecular flexibility index (Phi) is 4.92. The molecule has 0 radical (unpaired) electrons. The van der Waals surface area contributed by atoms with Crippen molar-refractivity contribution in [3.8, 4) is 0 Å². The van der Waals surface area contributed by atoms with E-state index in [1.54, 1.807) is 7.05 Å². The molecule has 1 amide bonds. The van der Waals surface area contributed by atoms with Crippen molar-refractivity contribution in [3.05, 3.63) is 0 Å². The Bertz CT molecular complexity index is 194. The molecule has 1 fully saturated rings. The van der Waals surface area contributed by atoms with Crippen LogP contribution in [-0.4, -0.2) is 19.7 Å². The minimum absolute atomic E-state index is 0.299. The number of alkyl carbamates (subject to hydrolysis) is 1. The summed E-state index contributed by atoms with van der Waals surface area (Å²) in [6.07, 6.45) is 4.74. The van der Waals surface area contributed by atoms with Crippen LogP contribution in [0.15, 0.2) is 0 Å². The lowest BCUT2D eigenvalue weighted by Gasteiger charge is -2.02. The first-order valence-electron chi connectivity index (χ1n) is 6.09. The van der Waals surface area contributed by atoms with Gasteiger partial charge in [0.05, 0.1) is 6.61 Å². The minimum Gasteiger partial charge on any atom is -0.449 e. The quantitative estimate of drug-likeness (QED) is 0.736. The summed E-state index contributed by atoms with van der Waals surface area (Å²) in [5.74, 6) is 2.24. The van der Waals surface area contributed by atoms with Gasteiger partial charge in [0, 0.05) is 7.05 Å². The molecule has 2 unspecified atom stereocenters. The number of ether oxygens (including phenoxy) is 1. The highest BCUT2D eigenvalue weighted by molar-refractivity contribution is 5.66. The Morgan fingerprint density at radius 3 is 2.07 bits per heavy atom. The molecule has 1 aliphatic rings. The number of amides is 1. The summed E-state index contributed by atoms with van der Waals surface area (Å²) in [4.78, 5) is 10.9. The molecule has 2 atom stereocenters. The second kappa shape index (κ2) is 5.99. The van der Waals surface area contributed by atoms with Crippen LogP contribution in [0.25, 0.3) is 0 Å². The first-order chi connectivity index (χ1) is 7.24. The number of nitrogens with one attached hydrogen (secondary N) is 1. The predicted molar refractivity (Wildman–Crippen MR) is 60.7 cm³/mol. The van der Waals surface area contributed by atoms with Crippen LogP contribution in [0.3, 0.4) is 0 Å². The molecule has 0 aromatic heterocycles. The topological polar surface area (TPSA) is 38.3 Å². The van der Waals surface area contributed by atoms with Crippen molar-refractivity contribution in [2.75, 3.05) is 13.7 Å². The molecular formula is C12H23NO2. The second-order valence-corrected chi connectivity index (χ2v) is 4.42. The molecular weight excluding hydrogens is 190 g/mol. The molecule has 1 rings (SSSR count). The van der Waals surface area contributed by atoms with Crippen LogP contribution in [0.2, 0.25) is 0 Å². The third kappa shape index (κ3) is 3.40. The highest BCUT2D eigenvalue weighted by atomic mass is 16.5. The maximum atomic E-state index is 10.9. The summed E-state index contributed by atoms with van der Waals surface area (Å²) in [7, 11) is 1.60. The van der Waals surface area contributed by atoms with Crippen molar-refractivity contribution in [2.45, 2.75) is 39.5 Å². The smallest absolute Gasteiger partial charge is 0.406 e. The second-order valence-electron chi connectivity index (χ2n) is 4.42. The van der Waals surface area contributed by atoms with Gasteiger partial charge in [-0.1, -0.05) is 39.5 Å². The predicted octanol–water partition coefficient (Wildman–Crippen LogP) is 2.80. The van der Waals surface area contributed by atoms with Crippen molar-refractivity contribution in [1.29, 1.82) is 0 Å². The van der Waals surface area contributed by atoms with Gasteiger partial charge in [-0.3, -0.25) is 0 Å². The SMILES string of the molecule is CCCC1C(CCC)C1COC(=O)NC. The van der Waals surface area contributed by atoms with E-state index in [-0.39, 0.29) is 6.09 Å². The van der Waals surface area contributed by atoms with E-state index in [0.717, 1.165) is 11.8 Å². The van der Waals surface area contributed by atoms with Crippen molar-refractivity contribution in [2.24, 2.45) is 17.8 Å². The van der Waals surface area contributed by atoms with Crippen LogP contribution in [0.5, 0.6) is 0 Å². The molecule has 1 aliphatic carbocycles. The molecule has 0 aliphatic heterocycles. The van der Waals surface area contributed by atoms with Gasteiger partial charge in [0.25, 0.3) is 0 Å². The fraction of sp³-hybridized carbons (Fsp3) is 0.917. The largest absolute Gasteiger partial charge is 0.449 e. The molecule has 1 saturated carbocycles. The zero-order chi connectivity index (χ0) is 11.3. The lowest BCUT2D eigenvalue weighted by atomic mass is 10.1. The average Bonchev–Trinajstić information content (AvgIpc) is 2.88. The number of carbonyl (C=O) groups is 1. The average molecular weight is 213 g/mol.